The predicted octanol–water partition coefficient (Wildman–Crippen LogP) is 1.39. The van der Waals surface area contributed by atoms with Crippen LogP contribution in [0.15, 0.2) is 24.0 Å². The molecule has 0 aliphatic carbocycles. The summed E-state index contributed by atoms with van der Waals surface area (Å²) >= 11 is 1.40. The Bertz CT molecular complexity index is 576. The van der Waals surface area contributed by atoms with Gasteiger partial charge in [-0.15, -0.1) is 36.2 Å². The largest absolute Gasteiger partial charge is 0.350 e. The number of hydrogen-bond donors (Lipinski definition) is 2. The second kappa shape index (κ2) is 8.23. The third-order valence-corrected chi connectivity index (χ3v) is 3.80. The molecule has 3 heterocycles. The number of carbonyl (C=O) groups excluding carboxylic acids is 1. The average molecular weight is 348 g/mol. The van der Waals surface area contributed by atoms with E-state index >= 15 is 0 Å². The molecule has 21 heavy (non-hydrogen) atoms. The highest BCUT2D eigenvalue weighted by Gasteiger charge is 2.18. The summed E-state index contributed by atoms with van der Waals surface area (Å²) in [6.45, 7) is 2.65. The van der Waals surface area contributed by atoms with Crippen molar-refractivity contribution in [1.82, 2.24) is 25.6 Å². The number of carbonyl (C=O) groups is 1. The highest BCUT2D eigenvalue weighted by molar-refractivity contribution is 7.13. The Morgan fingerprint density at radius 3 is 2.81 bits per heavy atom. The van der Waals surface area contributed by atoms with E-state index in [0.717, 1.165) is 13.1 Å². The van der Waals surface area contributed by atoms with Crippen LogP contribution in [-0.2, 0) is 0 Å². The van der Waals surface area contributed by atoms with Crippen LogP contribution in [0.2, 0.25) is 0 Å². The highest BCUT2D eigenvalue weighted by atomic mass is 35.5. The Morgan fingerprint density at radius 2 is 2.19 bits per heavy atom. The van der Waals surface area contributed by atoms with Crippen LogP contribution >= 0.6 is 36.2 Å². The van der Waals surface area contributed by atoms with Gasteiger partial charge >= 0.3 is 0 Å². The first-order valence-electron chi connectivity index (χ1n) is 6.04. The fraction of sp³-hybridized carbons (Fsp3) is 0.333. The number of hydrogen-bond acceptors (Lipinski definition) is 6. The minimum absolute atomic E-state index is 0. The lowest BCUT2D eigenvalue weighted by atomic mass is 10.0. The standard InChI is InChI=1S/C12H13N5OS.2ClH/c18-11(16-5-8-3-14-4-8)10-7-19-12(17-10)9-6-13-1-2-15-9;;/h1-2,6-8,14H,3-5H2,(H,16,18);2*1H. The molecule has 2 N–H and O–H groups in total. The molecule has 114 valence electrons. The van der Waals surface area contributed by atoms with Gasteiger partial charge in [0.2, 0.25) is 0 Å². The molecular formula is C12H15Cl2N5OS. The zero-order valence-electron chi connectivity index (χ0n) is 11.0. The van der Waals surface area contributed by atoms with E-state index in [2.05, 4.69) is 25.6 Å². The molecule has 0 radical (unpaired) electrons. The van der Waals surface area contributed by atoms with Crippen LogP contribution in [0.3, 0.4) is 0 Å². The quantitative estimate of drug-likeness (QED) is 0.873. The molecular weight excluding hydrogens is 333 g/mol. The monoisotopic (exact) mass is 347 g/mol. The zero-order valence-corrected chi connectivity index (χ0v) is 13.4. The fourth-order valence-electron chi connectivity index (χ4n) is 1.73. The molecule has 1 fully saturated rings. The van der Waals surface area contributed by atoms with Gasteiger partial charge in [0.25, 0.3) is 5.91 Å². The van der Waals surface area contributed by atoms with Crippen molar-refractivity contribution in [3.05, 3.63) is 29.7 Å². The van der Waals surface area contributed by atoms with E-state index in [1.165, 1.54) is 11.3 Å². The highest BCUT2D eigenvalue weighted by Crippen LogP contribution is 2.20. The van der Waals surface area contributed by atoms with E-state index in [0.29, 0.717) is 28.9 Å². The maximum atomic E-state index is 11.9. The molecule has 1 aliphatic rings. The maximum absolute atomic E-state index is 11.9. The van der Waals surface area contributed by atoms with Gasteiger partial charge < -0.3 is 10.6 Å². The number of halogens is 2. The second-order valence-corrected chi connectivity index (χ2v) is 5.22. The molecule has 0 spiro atoms. The van der Waals surface area contributed by atoms with E-state index in [-0.39, 0.29) is 30.7 Å². The molecule has 1 saturated heterocycles. The van der Waals surface area contributed by atoms with Crippen molar-refractivity contribution < 1.29 is 4.79 Å². The SMILES string of the molecule is Cl.Cl.O=C(NCC1CNC1)c1csc(-c2cnccn2)n1. The maximum Gasteiger partial charge on any atom is 0.270 e. The second-order valence-electron chi connectivity index (χ2n) is 4.36. The zero-order chi connectivity index (χ0) is 13.1. The Kier molecular flexibility index (Phi) is 6.97. The number of nitrogens with one attached hydrogen (secondary N) is 2. The third kappa shape index (κ3) is 4.34. The Morgan fingerprint density at radius 1 is 1.38 bits per heavy atom. The lowest BCUT2D eigenvalue weighted by Crippen LogP contribution is -2.48. The fourth-order valence-corrected chi connectivity index (χ4v) is 2.49. The van der Waals surface area contributed by atoms with E-state index in [4.69, 9.17) is 0 Å². The van der Waals surface area contributed by atoms with Crippen molar-refractivity contribution in [1.29, 1.82) is 0 Å². The van der Waals surface area contributed by atoms with Gasteiger partial charge in [-0.25, -0.2) is 4.98 Å². The number of rotatable bonds is 4. The number of thiazole rings is 1. The van der Waals surface area contributed by atoms with Gasteiger partial charge in [-0.05, 0) is 0 Å². The summed E-state index contributed by atoms with van der Waals surface area (Å²) < 4.78 is 0. The van der Waals surface area contributed by atoms with Crippen LogP contribution in [0.25, 0.3) is 10.7 Å². The summed E-state index contributed by atoms with van der Waals surface area (Å²) in [5.74, 6) is 0.417. The van der Waals surface area contributed by atoms with Gasteiger partial charge in [0, 0.05) is 43.3 Å². The van der Waals surface area contributed by atoms with Crippen molar-refractivity contribution in [2.45, 2.75) is 0 Å². The van der Waals surface area contributed by atoms with Crippen LogP contribution < -0.4 is 10.6 Å². The lowest BCUT2D eigenvalue weighted by molar-refractivity contribution is 0.0938. The van der Waals surface area contributed by atoms with Crippen molar-refractivity contribution >= 4 is 42.1 Å². The predicted molar refractivity (Wildman–Crippen MR) is 86.3 cm³/mol. The Balaban J connectivity index is 0.00000110. The third-order valence-electron chi connectivity index (χ3n) is 2.94. The smallest absolute Gasteiger partial charge is 0.270 e. The molecule has 9 heteroatoms. The summed E-state index contributed by atoms with van der Waals surface area (Å²) in [6, 6.07) is 0. The van der Waals surface area contributed by atoms with E-state index in [1.807, 2.05) is 0 Å². The van der Waals surface area contributed by atoms with E-state index in [9.17, 15) is 4.79 Å². The molecule has 1 amide bonds. The van der Waals surface area contributed by atoms with Gasteiger partial charge in [-0.3, -0.25) is 14.8 Å². The molecule has 1 aliphatic heterocycles. The van der Waals surface area contributed by atoms with Crippen LogP contribution in [0.5, 0.6) is 0 Å². The first-order chi connectivity index (χ1) is 9.33. The number of aromatic nitrogens is 3. The summed E-state index contributed by atoms with van der Waals surface area (Å²) in [4.78, 5) is 24.4. The van der Waals surface area contributed by atoms with E-state index < -0.39 is 0 Å². The van der Waals surface area contributed by atoms with Crippen LogP contribution in [0.4, 0.5) is 0 Å². The lowest BCUT2D eigenvalue weighted by Gasteiger charge is -2.26. The van der Waals surface area contributed by atoms with Crippen LogP contribution in [0, 0.1) is 5.92 Å². The van der Waals surface area contributed by atoms with Gasteiger partial charge in [0.05, 0.1) is 6.20 Å². The van der Waals surface area contributed by atoms with Crippen LogP contribution in [-0.4, -0.2) is 40.5 Å². The molecule has 0 aromatic carbocycles. The summed E-state index contributed by atoms with van der Waals surface area (Å²) in [7, 11) is 0. The van der Waals surface area contributed by atoms with Gasteiger partial charge in [-0.2, -0.15) is 0 Å². The normalized spacial score (nSPS) is 13.5. The van der Waals surface area contributed by atoms with E-state index in [1.54, 1.807) is 24.0 Å². The van der Waals surface area contributed by atoms with Crippen molar-refractivity contribution in [3.8, 4) is 10.7 Å². The summed E-state index contributed by atoms with van der Waals surface area (Å²) in [6.07, 6.45) is 4.86. The number of nitrogens with zero attached hydrogens (tertiary/aromatic N) is 3. The molecule has 2 aromatic rings. The Labute approximate surface area is 138 Å². The molecule has 6 nitrogen and oxygen atoms in total. The summed E-state index contributed by atoms with van der Waals surface area (Å²) in [5, 5.41) is 8.53. The first kappa shape index (κ1) is 17.8. The Hall–Kier alpha value is -1.28. The average Bonchev–Trinajstić information content (AvgIpc) is 2.87. The molecule has 0 unspecified atom stereocenters. The van der Waals surface area contributed by atoms with Crippen molar-refractivity contribution in [2.75, 3.05) is 19.6 Å². The minimum Gasteiger partial charge on any atom is -0.350 e. The van der Waals surface area contributed by atoms with Gasteiger partial charge in [0.15, 0.2) is 0 Å². The molecule has 0 bridgehead atoms. The molecule has 0 saturated carbocycles. The molecule has 3 rings (SSSR count). The van der Waals surface area contributed by atoms with Gasteiger partial charge in [-0.1, -0.05) is 0 Å². The van der Waals surface area contributed by atoms with Crippen LogP contribution in [0.1, 0.15) is 10.5 Å². The molecule has 0 atom stereocenters. The minimum atomic E-state index is -0.127. The first-order valence-corrected chi connectivity index (χ1v) is 6.92. The van der Waals surface area contributed by atoms with Crippen molar-refractivity contribution in [3.63, 3.8) is 0 Å². The topological polar surface area (TPSA) is 79.8 Å². The van der Waals surface area contributed by atoms with Crippen molar-refractivity contribution in [2.24, 2.45) is 5.92 Å². The molecule has 2 aromatic heterocycles. The summed E-state index contributed by atoms with van der Waals surface area (Å²) in [5.41, 5.74) is 1.13. The van der Waals surface area contributed by atoms with Gasteiger partial charge in [0.1, 0.15) is 16.4 Å². The number of amides is 1.